The Morgan fingerprint density at radius 1 is 1.17 bits per heavy atom. The van der Waals surface area contributed by atoms with Crippen molar-refractivity contribution in [3.8, 4) is 11.3 Å². The Bertz CT molecular complexity index is 1160. The number of hydrogen-bond acceptors (Lipinski definition) is 5. The number of furan rings is 1. The standard InChI is InChI=1S/C22H20N4O3/c1-2-3-9-20(27)25-16-7-4-6-15(13-16)18-10-11-23-22-17(14-24-26(18)22)21(28)19-8-5-12-29-19/h4-8,10-14H,2-3,9H2,1H3,(H,25,27). The van der Waals surface area contributed by atoms with E-state index in [0.29, 0.717) is 23.3 Å². The van der Waals surface area contributed by atoms with Crippen LogP contribution in [0, 0.1) is 0 Å². The Hall–Kier alpha value is -3.74. The maximum absolute atomic E-state index is 12.7. The Morgan fingerprint density at radius 2 is 2.07 bits per heavy atom. The van der Waals surface area contributed by atoms with Crippen LogP contribution < -0.4 is 5.32 Å². The van der Waals surface area contributed by atoms with E-state index in [2.05, 4.69) is 22.3 Å². The number of anilines is 1. The summed E-state index contributed by atoms with van der Waals surface area (Å²) in [6.07, 6.45) is 6.91. The molecule has 0 radical (unpaired) electrons. The molecule has 0 unspecified atom stereocenters. The quantitative estimate of drug-likeness (QED) is 0.476. The van der Waals surface area contributed by atoms with E-state index >= 15 is 0 Å². The third kappa shape index (κ3) is 3.80. The zero-order valence-electron chi connectivity index (χ0n) is 16.0. The second-order valence-electron chi connectivity index (χ2n) is 6.66. The highest BCUT2D eigenvalue weighted by atomic mass is 16.3. The first-order valence-electron chi connectivity index (χ1n) is 9.48. The van der Waals surface area contributed by atoms with Crippen LogP contribution in [0.2, 0.25) is 0 Å². The fourth-order valence-electron chi connectivity index (χ4n) is 3.13. The number of amides is 1. The molecule has 0 fully saturated rings. The smallest absolute Gasteiger partial charge is 0.233 e. The molecule has 3 aromatic heterocycles. The highest BCUT2D eigenvalue weighted by Gasteiger charge is 2.19. The molecule has 0 aliphatic rings. The lowest BCUT2D eigenvalue weighted by molar-refractivity contribution is -0.116. The van der Waals surface area contributed by atoms with Gasteiger partial charge in [-0.15, -0.1) is 0 Å². The normalized spacial score (nSPS) is 10.9. The van der Waals surface area contributed by atoms with Crippen LogP contribution in [0.5, 0.6) is 0 Å². The molecule has 0 aliphatic heterocycles. The SMILES string of the molecule is CCCCC(=O)Nc1cccc(-c2ccnc3c(C(=O)c4ccco4)cnn23)c1. The van der Waals surface area contributed by atoms with E-state index in [1.807, 2.05) is 30.3 Å². The maximum atomic E-state index is 12.7. The molecular formula is C22H20N4O3. The van der Waals surface area contributed by atoms with E-state index in [1.54, 1.807) is 22.8 Å². The van der Waals surface area contributed by atoms with Crippen LogP contribution >= 0.6 is 0 Å². The van der Waals surface area contributed by atoms with Crippen LogP contribution in [0.1, 0.15) is 42.3 Å². The zero-order valence-corrected chi connectivity index (χ0v) is 16.0. The van der Waals surface area contributed by atoms with Crippen molar-refractivity contribution in [2.24, 2.45) is 0 Å². The lowest BCUT2D eigenvalue weighted by Crippen LogP contribution is -2.10. The average molecular weight is 388 g/mol. The number of carbonyl (C=O) groups is 2. The highest BCUT2D eigenvalue weighted by molar-refractivity contribution is 6.10. The van der Waals surface area contributed by atoms with Gasteiger partial charge in [0, 0.05) is 23.9 Å². The van der Waals surface area contributed by atoms with Crippen LogP contribution in [-0.2, 0) is 4.79 Å². The predicted molar refractivity (Wildman–Crippen MR) is 109 cm³/mol. The van der Waals surface area contributed by atoms with Gasteiger partial charge in [-0.3, -0.25) is 9.59 Å². The van der Waals surface area contributed by atoms with E-state index in [4.69, 9.17) is 4.42 Å². The van der Waals surface area contributed by atoms with Gasteiger partial charge in [-0.1, -0.05) is 25.5 Å². The molecule has 1 N–H and O–H groups in total. The topological polar surface area (TPSA) is 89.5 Å². The van der Waals surface area contributed by atoms with Crippen LogP contribution in [0.4, 0.5) is 5.69 Å². The molecular weight excluding hydrogens is 368 g/mol. The first-order valence-corrected chi connectivity index (χ1v) is 9.48. The number of nitrogens with zero attached hydrogens (tertiary/aromatic N) is 3. The number of hydrogen-bond donors (Lipinski definition) is 1. The fourth-order valence-corrected chi connectivity index (χ4v) is 3.13. The minimum atomic E-state index is -0.272. The van der Waals surface area contributed by atoms with Crippen molar-refractivity contribution < 1.29 is 14.0 Å². The number of unbranched alkanes of at least 4 members (excludes halogenated alkanes) is 1. The van der Waals surface area contributed by atoms with Crippen molar-refractivity contribution in [2.75, 3.05) is 5.32 Å². The molecule has 29 heavy (non-hydrogen) atoms. The van der Waals surface area contributed by atoms with Gasteiger partial charge in [-0.25, -0.2) is 9.50 Å². The van der Waals surface area contributed by atoms with Gasteiger partial charge < -0.3 is 9.73 Å². The third-order valence-corrected chi connectivity index (χ3v) is 4.59. The Labute approximate surface area is 167 Å². The molecule has 4 rings (SSSR count). The van der Waals surface area contributed by atoms with Crippen LogP contribution in [0.15, 0.2) is 65.5 Å². The van der Waals surface area contributed by atoms with Crippen LogP contribution in [-0.4, -0.2) is 26.3 Å². The molecule has 146 valence electrons. The van der Waals surface area contributed by atoms with Crippen molar-refractivity contribution in [2.45, 2.75) is 26.2 Å². The van der Waals surface area contributed by atoms with Gasteiger partial charge in [0.1, 0.15) is 0 Å². The van der Waals surface area contributed by atoms with Crippen molar-refractivity contribution in [3.63, 3.8) is 0 Å². The minimum absolute atomic E-state index is 0.00528. The largest absolute Gasteiger partial charge is 0.461 e. The molecule has 1 aromatic carbocycles. The molecule has 0 bridgehead atoms. The van der Waals surface area contributed by atoms with E-state index in [9.17, 15) is 9.59 Å². The van der Waals surface area contributed by atoms with E-state index < -0.39 is 0 Å². The van der Waals surface area contributed by atoms with Crippen molar-refractivity contribution in [1.82, 2.24) is 14.6 Å². The van der Waals surface area contributed by atoms with Crippen molar-refractivity contribution in [1.29, 1.82) is 0 Å². The summed E-state index contributed by atoms with van der Waals surface area (Å²) in [7, 11) is 0. The van der Waals surface area contributed by atoms with Gasteiger partial charge in [-0.2, -0.15) is 5.10 Å². The molecule has 0 saturated heterocycles. The molecule has 0 atom stereocenters. The van der Waals surface area contributed by atoms with Crippen molar-refractivity contribution in [3.05, 3.63) is 72.4 Å². The average Bonchev–Trinajstić information content (AvgIpc) is 3.42. The van der Waals surface area contributed by atoms with E-state index in [1.165, 1.54) is 12.5 Å². The van der Waals surface area contributed by atoms with Gasteiger partial charge in [0.05, 0.1) is 23.7 Å². The van der Waals surface area contributed by atoms with Crippen LogP contribution in [0.3, 0.4) is 0 Å². The number of ketones is 1. The molecule has 7 nitrogen and oxygen atoms in total. The van der Waals surface area contributed by atoms with E-state index in [0.717, 1.165) is 24.1 Å². The Morgan fingerprint density at radius 3 is 2.86 bits per heavy atom. The molecule has 0 saturated carbocycles. The monoisotopic (exact) mass is 388 g/mol. The van der Waals surface area contributed by atoms with E-state index in [-0.39, 0.29) is 17.5 Å². The van der Waals surface area contributed by atoms with Gasteiger partial charge in [0.25, 0.3) is 0 Å². The van der Waals surface area contributed by atoms with Crippen molar-refractivity contribution >= 4 is 23.0 Å². The second-order valence-corrected chi connectivity index (χ2v) is 6.66. The molecule has 0 spiro atoms. The summed E-state index contributed by atoms with van der Waals surface area (Å²) in [6, 6.07) is 12.6. The summed E-state index contributed by atoms with van der Waals surface area (Å²) in [5.41, 5.74) is 3.14. The summed E-state index contributed by atoms with van der Waals surface area (Å²) in [5.74, 6) is -0.0372. The number of nitrogens with one attached hydrogen (secondary N) is 1. The van der Waals surface area contributed by atoms with Crippen LogP contribution in [0.25, 0.3) is 16.9 Å². The molecule has 7 heteroatoms. The maximum Gasteiger partial charge on any atom is 0.233 e. The number of rotatable bonds is 7. The molecule has 3 heterocycles. The summed E-state index contributed by atoms with van der Waals surface area (Å²) >= 11 is 0. The Balaban J connectivity index is 1.67. The fraction of sp³-hybridized carbons (Fsp3) is 0.182. The summed E-state index contributed by atoms with van der Waals surface area (Å²) in [4.78, 5) is 29.0. The lowest BCUT2D eigenvalue weighted by Gasteiger charge is -2.09. The first-order chi connectivity index (χ1) is 14.2. The number of fused-ring (bicyclic) bond motifs is 1. The summed E-state index contributed by atoms with van der Waals surface area (Å²) in [6.45, 7) is 2.05. The minimum Gasteiger partial charge on any atom is -0.461 e. The highest BCUT2D eigenvalue weighted by Crippen LogP contribution is 2.25. The van der Waals surface area contributed by atoms with Gasteiger partial charge in [0.2, 0.25) is 11.7 Å². The third-order valence-electron chi connectivity index (χ3n) is 4.59. The number of aromatic nitrogens is 3. The first kappa shape index (κ1) is 18.6. The van der Waals surface area contributed by atoms with Gasteiger partial charge in [0.15, 0.2) is 11.4 Å². The molecule has 0 aliphatic carbocycles. The number of carbonyl (C=O) groups excluding carboxylic acids is 2. The summed E-state index contributed by atoms with van der Waals surface area (Å²) < 4.78 is 6.83. The Kier molecular flexibility index (Phi) is 5.20. The molecule has 4 aromatic rings. The molecule has 1 amide bonds. The van der Waals surface area contributed by atoms with Gasteiger partial charge in [-0.05, 0) is 36.8 Å². The lowest BCUT2D eigenvalue weighted by atomic mass is 10.1. The zero-order chi connectivity index (χ0) is 20.2. The second kappa shape index (κ2) is 8.10. The number of benzene rings is 1. The van der Waals surface area contributed by atoms with Gasteiger partial charge >= 0.3 is 0 Å². The summed E-state index contributed by atoms with van der Waals surface area (Å²) in [5, 5.41) is 7.29. The predicted octanol–water partition coefficient (Wildman–Crippen LogP) is 4.35.